The van der Waals surface area contributed by atoms with Crippen LogP contribution < -0.4 is 11.5 Å². The summed E-state index contributed by atoms with van der Waals surface area (Å²) in [5.41, 5.74) is 10.9. The third-order valence-corrected chi connectivity index (χ3v) is 1.76. The zero-order valence-electron chi connectivity index (χ0n) is 11.8. The molecule has 0 bridgehead atoms. The second kappa shape index (κ2) is 24.2. The Morgan fingerprint density at radius 2 is 1.19 bits per heavy atom. The molecule has 0 spiro atoms. The minimum absolute atomic E-state index is 0. The highest BCUT2D eigenvalue weighted by atomic mass is 14.6. The van der Waals surface area contributed by atoms with Crippen molar-refractivity contribution in [1.29, 1.82) is 0 Å². The van der Waals surface area contributed by atoms with E-state index in [1.165, 1.54) is 25.7 Å². The van der Waals surface area contributed by atoms with Crippen molar-refractivity contribution in [2.45, 2.75) is 93.2 Å². The van der Waals surface area contributed by atoms with Gasteiger partial charge in [-0.25, -0.2) is 0 Å². The summed E-state index contributed by atoms with van der Waals surface area (Å²) in [7, 11) is 0. The van der Waals surface area contributed by atoms with Crippen molar-refractivity contribution in [3.8, 4) is 0 Å². The summed E-state index contributed by atoms with van der Waals surface area (Å²) in [6.45, 7) is 12.4. The van der Waals surface area contributed by atoms with Crippen molar-refractivity contribution in [2.75, 3.05) is 0 Å². The van der Waals surface area contributed by atoms with Crippen molar-refractivity contribution in [1.82, 2.24) is 0 Å². The molecule has 0 rings (SSSR count). The topological polar surface area (TPSA) is 52.0 Å². The first kappa shape index (κ1) is 24.9. The molecule has 0 aromatic rings. The Morgan fingerprint density at radius 1 is 0.812 bits per heavy atom. The van der Waals surface area contributed by atoms with Gasteiger partial charge in [0.25, 0.3) is 0 Å². The first-order chi connectivity index (χ1) is 7.04. The third kappa shape index (κ3) is 48.5. The van der Waals surface area contributed by atoms with Gasteiger partial charge in [0.2, 0.25) is 0 Å². The van der Waals surface area contributed by atoms with E-state index in [1.807, 2.05) is 20.8 Å². The summed E-state index contributed by atoms with van der Waals surface area (Å²) in [5, 5.41) is 0. The lowest BCUT2D eigenvalue weighted by atomic mass is 10.2. The van der Waals surface area contributed by atoms with Gasteiger partial charge in [0, 0.05) is 12.1 Å². The molecule has 0 radical (unpaired) electrons. The molecule has 0 saturated carbocycles. The molecule has 0 aliphatic rings. The summed E-state index contributed by atoms with van der Waals surface area (Å²) in [6, 6.07) is 0.801. The van der Waals surface area contributed by atoms with Crippen LogP contribution in [0.3, 0.4) is 0 Å². The van der Waals surface area contributed by atoms with Gasteiger partial charge in [-0.15, -0.1) is 0 Å². The lowest BCUT2D eigenvalue weighted by Gasteiger charge is -1.99. The summed E-state index contributed by atoms with van der Waals surface area (Å²) >= 11 is 0. The van der Waals surface area contributed by atoms with Gasteiger partial charge < -0.3 is 11.5 Å². The Hall–Kier alpha value is -0.0800. The summed E-state index contributed by atoms with van der Waals surface area (Å²) < 4.78 is 0. The molecule has 0 aliphatic carbocycles. The third-order valence-electron chi connectivity index (χ3n) is 1.76. The van der Waals surface area contributed by atoms with E-state index in [-0.39, 0.29) is 7.43 Å². The summed E-state index contributed by atoms with van der Waals surface area (Å²) in [4.78, 5) is 0. The Kier molecular flexibility index (Phi) is 37.8. The fourth-order valence-electron chi connectivity index (χ4n) is 0.981. The predicted molar refractivity (Wildman–Crippen MR) is 79.8 cm³/mol. The van der Waals surface area contributed by atoms with E-state index in [4.69, 9.17) is 11.5 Å². The Bertz CT molecular complexity index is 80.8. The van der Waals surface area contributed by atoms with E-state index in [0.717, 1.165) is 6.42 Å². The second-order valence-corrected chi connectivity index (χ2v) is 3.89. The van der Waals surface area contributed by atoms with Crippen LogP contribution in [0.25, 0.3) is 0 Å². The maximum atomic E-state index is 5.48. The molecule has 0 fully saturated rings. The molecule has 0 aromatic carbocycles. The molecule has 0 aromatic heterocycles. The first-order valence-corrected chi connectivity index (χ1v) is 6.55. The van der Waals surface area contributed by atoms with Gasteiger partial charge in [0.05, 0.1) is 0 Å². The van der Waals surface area contributed by atoms with Crippen LogP contribution in [0, 0.1) is 0 Å². The van der Waals surface area contributed by atoms with E-state index in [1.54, 1.807) is 0 Å². The molecular formula is C14H38N2. The zero-order valence-corrected chi connectivity index (χ0v) is 11.8. The van der Waals surface area contributed by atoms with Crippen molar-refractivity contribution in [3.05, 3.63) is 0 Å². The maximum absolute atomic E-state index is 5.48. The quantitative estimate of drug-likeness (QED) is 0.744. The van der Waals surface area contributed by atoms with Gasteiger partial charge in [-0.2, -0.15) is 0 Å². The van der Waals surface area contributed by atoms with Crippen LogP contribution in [-0.4, -0.2) is 12.1 Å². The molecule has 0 heterocycles. The van der Waals surface area contributed by atoms with Gasteiger partial charge in [-0.1, -0.05) is 54.4 Å². The normalized spacial score (nSPS) is 12.0. The van der Waals surface area contributed by atoms with Gasteiger partial charge in [-0.3, -0.25) is 0 Å². The molecular weight excluding hydrogens is 196 g/mol. The monoisotopic (exact) mass is 234 g/mol. The Labute approximate surface area is 105 Å². The minimum atomic E-state index is 0. The predicted octanol–water partition coefficient (Wildman–Crippen LogP) is 4.32. The van der Waals surface area contributed by atoms with Crippen molar-refractivity contribution < 1.29 is 0 Å². The summed E-state index contributed by atoms with van der Waals surface area (Å²) in [5.74, 6) is 0. The van der Waals surface area contributed by atoms with Crippen LogP contribution in [0.15, 0.2) is 0 Å². The van der Waals surface area contributed by atoms with E-state index >= 15 is 0 Å². The zero-order chi connectivity index (χ0) is 12.7. The van der Waals surface area contributed by atoms with Crippen molar-refractivity contribution in [3.63, 3.8) is 0 Å². The maximum Gasteiger partial charge on any atom is 0.00104 e. The lowest BCUT2D eigenvalue weighted by Crippen LogP contribution is -2.13. The summed E-state index contributed by atoms with van der Waals surface area (Å²) in [6.07, 6.45) is 6.08. The smallest absolute Gasteiger partial charge is 0.00104 e. The molecule has 104 valence electrons. The molecule has 0 aliphatic heterocycles. The average molecular weight is 234 g/mol. The minimum Gasteiger partial charge on any atom is -0.328 e. The van der Waals surface area contributed by atoms with Gasteiger partial charge in [-0.05, 0) is 26.7 Å². The van der Waals surface area contributed by atoms with Crippen LogP contribution in [0.1, 0.15) is 81.1 Å². The van der Waals surface area contributed by atoms with E-state index in [9.17, 15) is 0 Å². The average Bonchev–Trinajstić information content (AvgIpc) is 2.18. The first-order valence-electron chi connectivity index (χ1n) is 6.55. The highest BCUT2D eigenvalue weighted by molar-refractivity contribution is 4.50. The Balaban J connectivity index is -0.0000000743. The van der Waals surface area contributed by atoms with E-state index in [2.05, 4.69) is 20.8 Å². The number of hydrogen-bond acceptors (Lipinski definition) is 2. The van der Waals surface area contributed by atoms with Crippen LogP contribution >= 0.6 is 0 Å². The standard InChI is InChI=1S/C6H15N.C5H13N.C2H6.CH4/c1-3-4-5-6(2)7;1-3-4-5(2)6;1-2;/h6H,3-5,7H2,1-2H3;5H,3-4,6H2,1-2H3;1-2H3;1H4. The number of unbranched alkanes of at least 4 members (excludes halogenated alkanes) is 1. The highest BCUT2D eigenvalue weighted by Crippen LogP contribution is 1.95. The molecule has 0 saturated heterocycles. The fourth-order valence-corrected chi connectivity index (χ4v) is 0.981. The van der Waals surface area contributed by atoms with Crippen molar-refractivity contribution in [2.24, 2.45) is 11.5 Å². The largest absolute Gasteiger partial charge is 0.328 e. The number of nitrogens with two attached hydrogens (primary N) is 2. The molecule has 2 atom stereocenters. The van der Waals surface area contributed by atoms with Crippen LogP contribution in [0.2, 0.25) is 0 Å². The van der Waals surface area contributed by atoms with Crippen molar-refractivity contribution >= 4 is 0 Å². The number of hydrogen-bond donors (Lipinski definition) is 2. The molecule has 16 heavy (non-hydrogen) atoms. The van der Waals surface area contributed by atoms with E-state index in [0.29, 0.717) is 12.1 Å². The molecule has 2 unspecified atom stereocenters. The molecule has 4 N–H and O–H groups in total. The second-order valence-electron chi connectivity index (χ2n) is 3.89. The van der Waals surface area contributed by atoms with Gasteiger partial charge in [0.15, 0.2) is 0 Å². The van der Waals surface area contributed by atoms with Gasteiger partial charge in [0.1, 0.15) is 0 Å². The van der Waals surface area contributed by atoms with Crippen LogP contribution in [0.5, 0.6) is 0 Å². The van der Waals surface area contributed by atoms with Crippen LogP contribution in [0.4, 0.5) is 0 Å². The lowest BCUT2D eigenvalue weighted by molar-refractivity contribution is 0.616. The van der Waals surface area contributed by atoms with Crippen LogP contribution in [-0.2, 0) is 0 Å². The molecule has 0 amide bonds. The molecule has 2 nitrogen and oxygen atoms in total. The number of rotatable bonds is 5. The van der Waals surface area contributed by atoms with Gasteiger partial charge >= 0.3 is 0 Å². The Morgan fingerprint density at radius 3 is 1.25 bits per heavy atom. The fraction of sp³-hybridized carbons (Fsp3) is 1.00. The molecule has 2 heteroatoms. The SMILES string of the molecule is C.CC.CCCC(C)N.CCCCC(C)N. The van der Waals surface area contributed by atoms with E-state index < -0.39 is 0 Å². The highest BCUT2D eigenvalue weighted by Gasteiger charge is 1.88.